The molecular formula is C20H24N4O. The highest BCUT2D eigenvalue weighted by Gasteiger charge is 2.31. The maximum absolute atomic E-state index is 9.82. The second kappa shape index (κ2) is 7.22. The van der Waals surface area contributed by atoms with Gasteiger partial charge in [-0.3, -0.25) is 0 Å². The molecule has 3 rings (SSSR count). The number of nitrogens with one attached hydrogen (secondary N) is 1. The highest BCUT2D eigenvalue weighted by Crippen LogP contribution is 2.35. The van der Waals surface area contributed by atoms with E-state index >= 15 is 0 Å². The van der Waals surface area contributed by atoms with Crippen molar-refractivity contribution in [3.63, 3.8) is 0 Å². The largest absolute Gasteiger partial charge is 0.370 e. The van der Waals surface area contributed by atoms with Gasteiger partial charge in [0.05, 0.1) is 23.5 Å². The third kappa shape index (κ3) is 3.81. The SMILES string of the molecule is CC1(C)Cc2c(C#N)c(Cc3ccccc3)nc(NCCN)c2CO1. The number of nitriles is 1. The van der Waals surface area contributed by atoms with E-state index < -0.39 is 0 Å². The molecule has 1 aromatic carbocycles. The lowest BCUT2D eigenvalue weighted by molar-refractivity contribution is -0.0400. The molecule has 0 amide bonds. The van der Waals surface area contributed by atoms with Crippen molar-refractivity contribution in [1.82, 2.24) is 4.98 Å². The van der Waals surface area contributed by atoms with Crippen molar-refractivity contribution >= 4 is 5.82 Å². The summed E-state index contributed by atoms with van der Waals surface area (Å²) in [7, 11) is 0. The summed E-state index contributed by atoms with van der Waals surface area (Å²) in [5, 5.41) is 13.1. The van der Waals surface area contributed by atoms with Crippen LogP contribution in [0, 0.1) is 11.3 Å². The molecule has 0 saturated heterocycles. The molecule has 3 N–H and O–H groups in total. The first-order valence-electron chi connectivity index (χ1n) is 8.60. The maximum atomic E-state index is 9.82. The Morgan fingerprint density at radius 2 is 2.04 bits per heavy atom. The molecule has 5 nitrogen and oxygen atoms in total. The van der Waals surface area contributed by atoms with Gasteiger partial charge < -0.3 is 15.8 Å². The first-order valence-corrected chi connectivity index (χ1v) is 8.60. The molecule has 0 saturated carbocycles. The quantitative estimate of drug-likeness (QED) is 0.877. The Labute approximate surface area is 148 Å². The molecule has 0 unspecified atom stereocenters. The Morgan fingerprint density at radius 3 is 2.72 bits per heavy atom. The fourth-order valence-corrected chi connectivity index (χ4v) is 3.21. The van der Waals surface area contributed by atoms with E-state index in [4.69, 9.17) is 15.5 Å². The predicted molar refractivity (Wildman–Crippen MR) is 98.3 cm³/mol. The topological polar surface area (TPSA) is 84.0 Å². The van der Waals surface area contributed by atoms with Gasteiger partial charge in [-0.2, -0.15) is 5.26 Å². The van der Waals surface area contributed by atoms with Crippen molar-refractivity contribution in [2.24, 2.45) is 5.73 Å². The summed E-state index contributed by atoms with van der Waals surface area (Å²) in [6.45, 7) is 5.74. The van der Waals surface area contributed by atoms with Gasteiger partial charge in [0.2, 0.25) is 0 Å². The zero-order valence-electron chi connectivity index (χ0n) is 14.8. The van der Waals surface area contributed by atoms with Crippen molar-refractivity contribution in [1.29, 1.82) is 5.26 Å². The summed E-state index contributed by atoms with van der Waals surface area (Å²) >= 11 is 0. The van der Waals surface area contributed by atoms with Crippen molar-refractivity contribution in [2.45, 2.75) is 38.9 Å². The van der Waals surface area contributed by atoms with Crippen LogP contribution in [0.15, 0.2) is 30.3 Å². The van der Waals surface area contributed by atoms with Crippen LogP contribution in [0.25, 0.3) is 0 Å². The zero-order valence-corrected chi connectivity index (χ0v) is 14.8. The second-order valence-electron chi connectivity index (χ2n) is 6.95. The van der Waals surface area contributed by atoms with Gasteiger partial charge in [-0.25, -0.2) is 4.98 Å². The third-order valence-corrected chi connectivity index (χ3v) is 4.46. The van der Waals surface area contributed by atoms with Crippen molar-refractivity contribution < 1.29 is 4.74 Å². The average Bonchev–Trinajstić information content (AvgIpc) is 2.59. The number of hydrogen-bond donors (Lipinski definition) is 2. The molecule has 1 aliphatic rings. The van der Waals surface area contributed by atoms with Gasteiger partial charge in [-0.05, 0) is 25.0 Å². The Balaban J connectivity index is 2.09. The van der Waals surface area contributed by atoms with Gasteiger partial charge in [0.25, 0.3) is 0 Å². The van der Waals surface area contributed by atoms with E-state index in [9.17, 15) is 5.26 Å². The number of fused-ring (bicyclic) bond motifs is 1. The summed E-state index contributed by atoms with van der Waals surface area (Å²) in [6, 6.07) is 12.5. The normalized spacial score (nSPS) is 15.3. The molecule has 1 aromatic heterocycles. The van der Waals surface area contributed by atoms with Crippen LogP contribution in [0.3, 0.4) is 0 Å². The molecule has 0 aliphatic carbocycles. The molecule has 0 fully saturated rings. The third-order valence-electron chi connectivity index (χ3n) is 4.46. The Kier molecular flexibility index (Phi) is 5.03. The van der Waals surface area contributed by atoms with Gasteiger partial charge in [0.1, 0.15) is 11.9 Å². The molecule has 0 spiro atoms. The van der Waals surface area contributed by atoms with Crippen LogP contribution in [-0.4, -0.2) is 23.7 Å². The van der Waals surface area contributed by atoms with Crippen LogP contribution in [0.5, 0.6) is 0 Å². The van der Waals surface area contributed by atoms with E-state index in [2.05, 4.69) is 37.4 Å². The van der Waals surface area contributed by atoms with E-state index in [0.29, 0.717) is 38.1 Å². The van der Waals surface area contributed by atoms with Crippen molar-refractivity contribution in [3.8, 4) is 6.07 Å². The number of pyridine rings is 1. The van der Waals surface area contributed by atoms with Crippen LogP contribution in [0.4, 0.5) is 5.82 Å². The lowest BCUT2D eigenvalue weighted by Crippen LogP contribution is -2.33. The zero-order chi connectivity index (χ0) is 17.9. The van der Waals surface area contributed by atoms with Crippen LogP contribution >= 0.6 is 0 Å². The van der Waals surface area contributed by atoms with E-state index in [1.54, 1.807) is 0 Å². The lowest BCUT2D eigenvalue weighted by atomic mass is 9.87. The van der Waals surface area contributed by atoms with Gasteiger partial charge in [0, 0.05) is 31.5 Å². The molecule has 2 heterocycles. The van der Waals surface area contributed by atoms with E-state index in [0.717, 1.165) is 28.2 Å². The van der Waals surface area contributed by atoms with Crippen molar-refractivity contribution in [2.75, 3.05) is 18.4 Å². The summed E-state index contributed by atoms with van der Waals surface area (Å²) in [5.74, 6) is 0.792. The number of anilines is 1. The molecule has 0 atom stereocenters. The fraction of sp³-hybridized carbons (Fsp3) is 0.400. The number of ether oxygens (including phenoxy) is 1. The molecule has 1 aliphatic heterocycles. The van der Waals surface area contributed by atoms with Gasteiger partial charge in [-0.1, -0.05) is 30.3 Å². The van der Waals surface area contributed by atoms with Gasteiger partial charge in [0.15, 0.2) is 0 Å². The fourth-order valence-electron chi connectivity index (χ4n) is 3.21. The van der Waals surface area contributed by atoms with Gasteiger partial charge >= 0.3 is 0 Å². The first-order chi connectivity index (χ1) is 12.0. The highest BCUT2D eigenvalue weighted by molar-refractivity contribution is 5.58. The predicted octanol–water partition coefficient (Wildman–Crippen LogP) is 2.77. The number of nitrogens with zero attached hydrogens (tertiary/aromatic N) is 2. The number of nitrogens with two attached hydrogens (primary N) is 1. The van der Waals surface area contributed by atoms with Gasteiger partial charge in [-0.15, -0.1) is 0 Å². The Hall–Kier alpha value is -2.42. The molecule has 0 bridgehead atoms. The average molecular weight is 336 g/mol. The molecule has 25 heavy (non-hydrogen) atoms. The number of rotatable bonds is 5. The summed E-state index contributed by atoms with van der Waals surface area (Å²) in [6.07, 6.45) is 1.34. The smallest absolute Gasteiger partial charge is 0.132 e. The molecule has 0 radical (unpaired) electrons. The van der Waals surface area contributed by atoms with Crippen LogP contribution in [-0.2, 0) is 24.2 Å². The van der Waals surface area contributed by atoms with Crippen LogP contribution < -0.4 is 11.1 Å². The van der Waals surface area contributed by atoms with Crippen molar-refractivity contribution in [3.05, 3.63) is 58.3 Å². The summed E-state index contributed by atoms with van der Waals surface area (Å²) in [5.41, 5.74) is 10.0. The number of benzene rings is 1. The summed E-state index contributed by atoms with van der Waals surface area (Å²) in [4.78, 5) is 4.77. The standard InChI is InChI=1S/C20H24N4O/c1-20(2)11-15-16(12-22)18(10-14-6-4-3-5-7-14)24-19(23-9-8-21)17(15)13-25-20/h3-7H,8-11,13,21H2,1-2H3,(H,23,24). The molecule has 2 aromatic rings. The van der Waals surface area contributed by atoms with E-state index in [1.807, 2.05) is 18.2 Å². The van der Waals surface area contributed by atoms with E-state index in [-0.39, 0.29) is 5.60 Å². The number of hydrogen-bond acceptors (Lipinski definition) is 5. The molecular weight excluding hydrogens is 312 g/mol. The summed E-state index contributed by atoms with van der Waals surface area (Å²) < 4.78 is 5.95. The Bertz CT molecular complexity index is 794. The Morgan fingerprint density at radius 1 is 1.28 bits per heavy atom. The highest BCUT2D eigenvalue weighted by atomic mass is 16.5. The first kappa shape index (κ1) is 17.4. The lowest BCUT2D eigenvalue weighted by Gasteiger charge is -2.33. The maximum Gasteiger partial charge on any atom is 0.132 e. The second-order valence-corrected chi connectivity index (χ2v) is 6.95. The monoisotopic (exact) mass is 336 g/mol. The van der Waals surface area contributed by atoms with Crippen LogP contribution in [0.1, 0.15) is 41.8 Å². The minimum Gasteiger partial charge on any atom is -0.370 e. The van der Waals surface area contributed by atoms with Crippen LogP contribution in [0.2, 0.25) is 0 Å². The van der Waals surface area contributed by atoms with E-state index in [1.165, 1.54) is 0 Å². The number of aromatic nitrogens is 1. The minimum atomic E-state index is -0.283. The minimum absolute atomic E-state index is 0.283. The molecule has 130 valence electrons. The molecule has 5 heteroatoms.